The van der Waals surface area contributed by atoms with E-state index >= 15 is 0 Å². The van der Waals surface area contributed by atoms with Crippen LogP contribution in [0.1, 0.15) is 12.8 Å². The number of nitrogens with two attached hydrogens (primary N) is 1. The highest BCUT2D eigenvalue weighted by Gasteiger charge is 2.50. The Bertz CT molecular complexity index is 608. The van der Waals surface area contributed by atoms with Crippen LogP contribution in [0.5, 0.6) is 0 Å². The number of hydrogen-bond donors (Lipinski definition) is 1. The molecule has 6 nitrogen and oxygen atoms in total. The van der Waals surface area contributed by atoms with E-state index in [2.05, 4.69) is 20.0 Å². The molecule has 2 aliphatic rings. The van der Waals surface area contributed by atoms with E-state index in [1.54, 1.807) is 11.0 Å². The lowest BCUT2D eigenvalue weighted by atomic mass is 9.85. The van der Waals surface area contributed by atoms with E-state index in [-0.39, 0.29) is 5.54 Å². The van der Waals surface area contributed by atoms with Crippen molar-refractivity contribution in [3.05, 3.63) is 12.5 Å². The lowest BCUT2D eigenvalue weighted by molar-refractivity contribution is 0.290. The number of aromatic nitrogens is 4. The monoisotopic (exact) mass is 244 g/mol. The summed E-state index contributed by atoms with van der Waals surface area (Å²) in [5, 5.41) is 5.25. The van der Waals surface area contributed by atoms with Gasteiger partial charge in [0.05, 0.1) is 17.1 Å². The first-order valence-electron chi connectivity index (χ1n) is 6.34. The van der Waals surface area contributed by atoms with E-state index in [1.165, 1.54) is 12.8 Å². The summed E-state index contributed by atoms with van der Waals surface area (Å²) in [7, 11) is 1.90. The van der Waals surface area contributed by atoms with E-state index < -0.39 is 0 Å². The van der Waals surface area contributed by atoms with Gasteiger partial charge in [-0.1, -0.05) is 0 Å². The molecule has 18 heavy (non-hydrogen) atoms. The van der Waals surface area contributed by atoms with Crippen molar-refractivity contribution in [1.29, 1.82) is 0 Å². The topological polar surface area (TPSA) is 72.9 Å². The lowest BCUT2D eigenvalue weighted by Crippen LogP contribution is -2.69. The average molecular weight is 244 g/mol. The maximum Gasteiger partial charge on any atom is 0.163 e. The zero-order valence-corrected chi connectivity index (χ0v) is 10.4. The fourth-order valence-electron chi connectivity index (χ4n) is 2.93. The van der Waals surface area contributed by atoms with Crippen molar-refractivity contribution in [2.75, 3.05) is 18.0 Å². The molecule has 0 spiro atoms. The molecular formula is C12H16N6. The molecule has 2 fully saturated rings. The average Bonchev–Trinajstić information content (AvgIpc) is 3.11. The Kier molecular flexibility index (Phi) is 1.82. The minimum absolute atomic E-state index is 0.0134. The highest BCUT2D eigenvalue weighted by Crippen LogP contribution is 2.44. The van der Waals surface area contributed by atoms with Crippen LogP contribution in [0, 0.1) is 5.92 Å². The van der Waals surface area contributed by atoms with Crippen LogP contribution in [-0.2, 0) is 7.05 Å². The van der Waals surface area contributed by atoms with E-state index in [9.17, 15) is 0 Å². The molecule has 2 aromatic rings. The molecule has 2 N–H and O–H groups in total. The minimum atomic E-state index is 0.0134. The van der Waals surface area contributed by atoms with Gasteiger partial charge in [-0.25, -0.2) is 9.97 Å². The van der Waals surface area contributed by atoms with E-state index in [0.29, 0.717) is 0 Å². The molecule has 4 rings (SSSR count). The summed E-state index contributed by atoms with van der Waals surface area (Å²) in [6.07, 6.45) is 6.01. The second kappa shape index (κ2) is 3.20. The van der Waals surface area contributed by atoms with Gasteiger partial charge in [-0.2, -0.15) is 5.10 Å². The van der Waals surface area contributed by atoms with Crippen molar-refractivity contribution in [3.8, 4) is 0 Å². The van der Waals surface area contributed by atoms with Crippen molar-refractivity contribution in [3.63, 3.8) is 0 Å². The molecule has 6 heteroatoms. The molecule has 0 unspecified atom stereocenters. The van der Waals surface area contributed by atoms with Crippen LogP contribution in [0.15, 0.2) is 12.5 Å². The maximum atomic E-state index is 6.38. The first-order valence-corrected chi connectivity index (χ1v) is 6.34. The standard InChI is InChI=1S/C12H16N6/c1-17-10-9(4-16-17)11(15-7-14-10)18-5-12(13,6-18)8-2-3-8/h4,7-8H,2-3,5-6,13H2,1H3. The third-order valence-electron chi connectivity index (χ3n) is 4.17. The van der Waals surface area contributed by atoms with Gasteiger partial charge in [0, 0.05) is 20.1 Å². The summed E-state index contributed by atoms with van der Waals surface area (Å²) < 4.78 is 1.77. The summed E-state index contributed by atoms with van der Waals surface area (Å²) >= 11 is 0. The van der Waals surface area contributed by atoms with Crippen molar-refractivity contribution in [1.82, 2.24) is 19.7 Å². The number of fused-ring (bicyclic) bond motifs is 1. The summed E-state index contributed by atoms with van der Waals surface area (Å²) in [6, 6.07) is 0. The van der Waals surface area contributed by atoms with Crippen LogP contribution in [-0.4, -0.2) is 38.4 Å². The Hall–Kier alpha value is -1.69. The molecule has 0 atom stereocenters. The summed E-state index contributed by atoms with van der Waals surface area (Å²) in [5.74, 6) is 1.69. The van der Waals surface area contributed by atoms with Gasteiger partial charge in [0.2, 0.25) is 0 Å². The number of rotatable bonds is 2. The van der Waals surface area contributed by atoms with Crippen molar-refractivity contribution >= 4 is 16.9 Å². The Balaban J connectivity index is 1.68. The van der Waals surface area contributed by atoms with Crippen LogP contribution in [0.4, 0.5) is 5.82 Å². The van der Waals surface area contributed by atoms with Crippen molar-refractivity contribution < 1.29 is 0 Å². The molecule has 1 aliphatic heterocycles. The molecule has 1 saturated carbocycles. The van der Waals surface area contributed by atoms with Crippen molar-refractivity contribution in [2.45, 2.75) is 18.4 Å². The van der Waals surface area contributed by atoms with Crippen LogP contribution in [0.3, 0.4) is 0 Å². The van der Waals surface area contributed by atoms with Crippen LogP contribution in [0.25, 0.3) is 11.0 Å². The largest absolute Gasteiger partial charge is 0.352 e. The van der Waals surface area contributed by atoms with Gasteiger partial charge in [-0.3, -0.25) is 4.68 Å². The minimum Gasteiger partial charge on any atom is -0.352 e. The first-order chi connectivity index (χ1) is 8.67. The Labute approximate surface area is 105 Å². The molecule has 1 aliphatic carbocycles. The Morgan fingerprint density at radius 2 is 2.11 bits per heavy atom. The molecule has 1 saturated heterocycles. The molecule has 0 aromatic carbocycles. The Morgan fingerprint density at radius 3 is 2.83 bits per heavy atom. The predicted octanol–water partition coefficient (Wildman–Crippen LogP) is 0.291. The third-order valence-corrected chi connectivity index (χ3v) is 4.17. The van der Waals surface area contributed by atoms with Crippen LogP contribution >= 0.6 is 0 Å². The van der Waals surface area contributed by atoms with Gasteiger partial charge < -0.3 is 10.6 Å². The summed E-state index contributed by atoms with van der Waals surface area (Å²) in [4.78, 5) is 10.9. The highest BCUT2D eigenvalue weighted by atomic mass is 15.3. The zero-order chi connectivity index (χ0) is 12.3. The molecule has 3 heterocycles. The van der Waals surface area contributed by atoms with Gasteiger partial charge in [-0.05, 0) is 18.8 Å². The fourth-order valence-corrected chi connectivity index (χ4v) is 2.93. The number of anilines is 1. The number of hydrogen-bond acceptors (Lipinski definition) is 5. The predicted molar refractivity (Wildman–Crippen MR) is 68.2 cm³/mol. The van der Waals surface area contributed by atoms with Crippen LogP contribution < -0.4 is 10.6 Å². The van der Waals surface area contributed by atoms with Gasteiger partial charge in [-0.15, -0.1) is 0 Å². The second-order valence-electron chi connectivity index (χ2n) is 5.57. The number of aryl methyl sites for hydroxylation is 1. The summed E-state index contributed by atoms with van der Waals surface area (Å²) in [6.45, 7) is 1.80. The smallest absolute Gasteiger partial charge is 0.163 e. The van der Waals surface area contributed by atoms with E-state index in [4.69, 9.17) is 5.73 Å². The second-order valence-corrected chi connectivity index (χ2v) is 5.57. The normalized spacial score (nSPS) is 22.2. The van der Waals surface area contributed by atoms with E-state index in [1.807, 2.05) is 13.2 Å². The first kappa shape index (κ1) is 10.3. The SMILES string of the molecule is Cn1ncc2c(N3CC(N)(C4CC4)C3)ncnc21. The quantitative estimate of drug-likeness (QED) is 0.822. The van der Waals surface area contributed by atoms with Crippen molar-refractivity contribution in [2.24, 2.45) is 18.7 Å². The highest BCUT2D eigenvalue weighted by molar-refractivity contribution is 5.87. The number of nitrogens with zero attached hydrogens (tertiary/aromatic N) is 5. The molecule has 0 radical (unpaired) electrons. The lowest BCUT2D eigenvalue weighted by Gasteiger charge is -2.49. The zero-order valence-electron chi connectivity index (χ0n) is 10.4. The molecule has 2 aromatic heterocycles. The Morgan fingerprint density at radius 1 is 1.33 bits per heavy atom. The molecule has 0 amide bonds. The van der Waals surface area contributed by atoms with Gasteiger partial charge >= 0.3 is 0 Å². The maximum absolute atomic E-state index is 6.38. The van der Waals surface area contributed by atoms with Crippen LogP contribution in [0.2, 0.25) is 0 Å². The molecular weight excluding hydrogens is 228 g/mol. The van der Waals surface area contributed by atoms with Gasteiger partial charge in [0.25, 0.3) is 0 Å². The molecule has 94 valence electrons. The fraction of sp³-hybridized carbons (Fsp3) is 0.583. The van der Waals surface area contributed by atoms with E-state index in [0.717, 1.165) is 35.9 Å². The molecule has 0 bridgehead atoms. The van der Waals surface area contributed by atoms with Gasteiger partial charge in [0.1, 0.15) is 12.1 Å². The third kappa shape index (κ3) is 1.29. The van der Waals surface area contributed by atoms with Gasteiger partial charge in [0.15, 0.2) is 5.65 Å². The summed E-state index contributed by atoms with van der Waals surface area (Å²) in [5.41, 5.74) is 7.27.